The number of para-hydroxylation sites is 1. The molecule has 33 heavy (non-hydrogen) atoms. The summed E-state index contributed by atoms with van der Waals surface area (Å²) in [5.74, 6) is 1.56. The Morgan fingerprint density at radius 1 is 0.970 bits per heavy atom. The molecule has 4 aromatic rings. The van der Waals surface area contributed by atoms with Gasteiger partial charge in [-0.1, -0.05) is 66.7 Å². The minimum absolute atomic E-state index is 0.0932. The fourth-order valence-corrected chi connectivity index (χ4v) is 4.03. The van der Waals surface area contributed by atoms with Gasteiger partial charge in [-0.15, -0.1) is 10.2 Å². The van der Waals surface area contributed by atoms with Gasteiger partial charge in [-0.2, -0.15) is 0 Å². The lowest BCUT2D eigenvalue weighted by molar-refractivity contribution is -0.113. The van der Waals surface area contributed by atoms with Crippen LogP contribution >= 0.6 is 11.8 Å². The lowest BCUT2D eigenvalue weighted by atomic mass is 10.1. The van der Waals surface area contributed by atoms with Crippen molar-refractivity contribution in [3.8, 4) is 11.4 Å². The maximum absolute atomic E-state index is 12.5. The van der Waals surface area contributed by atoms with Crippen LogP contribution in [0.2, 0.25) is 0 Å². The number of aryl methyl sites for hydroxylation is 2. The summed E-state index contributed by atoms with van der Waals surface area (Å²) in [7, 11) is 0. The van der Waals surface area contributed by atoms with E-state index in [1.807, 2.05) is 90.4 Å². The molecule has 4 rings (SSSR count). The summed E-state index contributed by atoms with van der Waals surface area (Å²) in [6, 6.07) is 25.6. The summed E-state index contributed by atoms with van der Waals surface area (Å²) < 4.78 is 7.87. The third-order valence-corrected chi connectivity index (χ3v) is 6.01. The van der Waals surface area contributed by atoms with Crippen molar-refractivity contribution in [1.82, 2.24) is 14.8 Å². The van der Waals surface area contributed by atoms with E-state index >= 15 is 0 Å². The van der Waals surface area contributed by atoms with Gasteiger partial charge in [0.1, 0.15) is 12.4 Å². The summed E-state index contributed by atoms with van der Waals surface area (Å²) in [5, 5.41) is 12.3. The van der Waals surface area contributed by atoms with Crippen molar-refractivity contribution in [2.24, 2.45) is 0 Å². The Morgan fingerprint density at radius 3 is 2.39 bits per heavy atom. The van der Waals surface area contributed by atoms with E-state index in [-0.39, 0.29) is 18.3 Å². The third-order valence-electron chi connectivity index (χ3n) is 5.08. The standard InChI is InChI=1S/C26H26N4O2S/c1-3-20-11-13-21(14-12-20)27-25(31)18-33-26-29-28-24(30(26)22-7-5-4-6-8-22)17-32-23-15-9-19(2)10-16-23/h4-16H,3,17-18H2,1-2H3,(H,27,31). The van der Waals surface area contributed by atoms with Crippen LogP contribution in [0, 0.1) is 6.92 Å². The van der Waals surface area contributed by atoms with E-state index in [0.717, 1.165) is 23.5 Å². The Balaban J connectivity index is 1.46. The molecule has 0 bridgehead atoms. The number of hydrogen-bond acceptors (Lipinski definition) is 5. The molecule has 6 nitrogen and oxygen atoms in total. The number of anilines is 1. The zero-order valence-electron chi connectivity index (χ0n) is 18.7. The Bertz CT molecular complexity index is 1190. The fraction of sp³-hybridized carbons (Fsp3) is 0.192. The summed E-state index contributed by atoms with van der Waals surface area (Å²) in [4.78, 5) is 12.5. The van der Waals surface area contributed by atoms with Crippen molar-refractivity contribution in [2.75, 3.05) is 11.1 Å². The first-order valence-electron chi connectivity index (χ1n) is 10.8. The molecular formula is C26H26N4O2S. The molecule has 3 aromatic carbocycles. The van der Waals surface area contributed by atoms with Gasteiger partial charge in [-0.25, -0.2) is 0 Å². The molecule has 0 saturated carbocycles. The molecule has 1 aromatic heterocycles. The summed E-state index contributed by atoms with van der Waals surface area (Å²) in [6.07, 6.45) is 0.967. The number of hydrogen-bond donors (Lipinski definition) is 1. The molecule has 0 aliphatic carbocycles. The third kappa shape index (κ3) is 6.02. The van der Waals surface area contributed by atoms with Crippen LogP contribution < -0.4 is 10.1 Å². The lowest BCUT2D eigenvalue weighted by Crippen LogP contribution is -2.14. The van der Waals surface area contributed by atoms with Gasteiger partial charge in [0.2, 0.25) is 5.91 Å². The second kappa shape index (κ2) is 10.8. The highest BCUT2D eigenvalue weighted by molar-refractivity contribution is 7.99. The number of carbonyl (C=O) groups is 1. The molecule has 168 valence electrons. The number of ether oxygens (including phenoxy) is 1. The molecule has 0 unspecified atom stereocenters. The molecular weight excluding hydrogens is 432 g/mol. The van der Waals surface area contributed by atoms with Crippen LogP contribution in [-0.4, -0.2) is 26.4 Å². The Labute approximate surface area is 198 Å². The van der Waals surface area contributed by atoms with Crippen LogP contribution in [0.3, 0.4) is 0 Å². The Kier molecular flexibility index (Phi) is 7.42. The molecule has 0 radical (unpaired) electrons. The summed E-state index contributed by atoms with van der Waals surface area (Å²) in [6.45, 7) is 4.41. The summed E-state index contributed by atoms with van der Waals surface area (Å²) in [5.41, 5.74) is 4.12. The molecule has 1 heterocycles. The number of rotatable bonds is 9. The van der Waals surface area contributed by atoms with Crippen molar-refractivity contribution in [3.05, 3.63) is 95.8 Å². The van der Waals surface area contributed by atoms with E-state index < -0.39 is 0 Å². The average molecular weight is 459 g/mol. The minimum atomic E-state index is -0.0932. The first kappa shape index (κ1) is 22.6. The number of nitrogens with one attached hydrogen (secondary N) is 1. The van der Waals surface area contributed by atoms with Gasteiger partial charge in [0.05, 0.1) is 5.75 Å². The lowest BCUT2D eigenvalue weighted by Gasteiger charge is -2.11. The van der Waals surface area contributed by atoms with Crippen molar-refractivity contribution in [3.63, 3.8) is 0 Å². The van der Waals surface area contributed by atoms with Crippen molar-refractivity contribution in [1.29, 1.82) is 0 Å². The van der Waals surface area contributed by atoms with Gasteiger partial charge in [0.15, 0.2) is 11.0 Å². The maximum atomic E-state index is 12.5. The van der Waals surface area contributed by atoms with Crippen LogP contribution in [0.15, 0.2) is 84.0 Å². The van der Waals surface area contributed by atoms with E-state index in [1.165, 1.54) is 22.9 Å². The molecule has 1 N–H and O–H groups in total. The monoisotopic (exact) mass is 458 g/mol. The van der Waals surface area contributed by atoms with Gasteiger partial charge in [0.25, 0.3) is 0 Å². The maximum Gasteiger partial charge on any atom is 0.234 e. The van der Waals surface area contributed by atoms with E-state index in [4.69, 9.17) is 4.74 Å². The van der Waals surface area contributed by atoms with Crippen LogP contribution in [0.25, 0.3) is 5.69 Å². The molecule has 0 fully saturated rings. The van der Waals surface area contributed by atoms with E-state index in [2.05, 4.69) is 22.4 Å². The van der Waals surface area contributed by atoms with Crippen LogP contribution in [0.5, 0.6) is 5.75 Å². The summed E-state index contributed by atoms with van der Waals surface area (Å²) >= 11 is 1.34. The normalized spacial score (nSPS) is 10.7. The van der Waals surface area contributed by atoms with Gasteiger partial charge in [-0.05, 0) is 55.3 Å². The number of nitrogens with zero attached hydrogens (tertiary/aromatic N) is 3. The van der Waals surface area contributed by atoms with E-state index in [0.29, 0.717) is 11.0 Å². The molecule has 0 aliphatic rings. The number of carbonyl (C=O) groups excluding carboxylic acids is 1. The van der Waals surface area contributed by atoms with E-state index in [9.17, 15) is 4.79 Å². The number of thioether (sulfide) groups is 1. The second-order valence-electron chi connectivity index (χ2n) is 7.56. The van der Waals surface area contributed by atoms with Gasteiger partial charge < -0.3 is 10.1 Å². The predicted molar refractivity (Wildman–Crippen MR) is 132 cm³/mol. The molecule has 0 atom stereocenters. The molecule has 7 heteroatoms. The smallest absolute Gasteiger partial charge is 0.234 e. The Morgan fingerprint density at radius 2 is 1.70 bits per heavy atom. The van der Waals surface area contributed by atoms with E-state index in [1.54, 1.807) is 0 Å². The highest BCUT2D eigenvalue weighted by Crippen LogP contribution is 2.23. The van der Waals surface area contributed by atoms with Crippen LogP contribution in [0.4, 0.5) is 5.69 Å². The Hall–Kier alpha value is -3.58. The minimum Gasteiger partial charge on any atom is -0.486 e. The van der Waals surface area contributed by atoms with Crippen molar-refractivity contribution in [2.45, 2.75) is 32.0 Å². The fourth-order valence-electron chi connectivity index (χ4n) is 3.26. The number of aromatic nitrogens is 3. The van der Waals surface area contributed by atoms with Gasteiger partial charge >= 0.3 is 0 Å². The highest BCUT2D eigenvalue weighted by Gasteiger charge is 2.16. The molecule has 0 aliphatic heterocycles. The number of benzene rings is 3. The SMILES string of the molecule is CCc1ccc(NC(=O)CSc2nnc(COc3ccc(C)cc3)n2-c2ccccc2)cc1. The zero-order chi connectivity index (χ0) is 23.0. The number of amides is 1. The van der Waals surface area contributed by atoms with Gasteiger partial charge in [0, 0.05) is 11.4 Å². The molecule has 0 saturated heterocycles. The molecule has 1 amide bonds. The second-order valence-corrected chi connectivity index (χ2v) is 8.50. The van der Waals surface area contributed by atoms with Crippen LogP contribution in [-0.2, 0) is 17.8 Å². The molecule has 0 spiro atoms. The zero-order valence-corrected chi connectivity index (χ0v) is 19.5. The highest BCUT2D eigenvalue weighted by atomic mass is 32.2. The quantitative estimate of drug-likeness (QED) is 0.338. The van der Waals surface area contributed by atoms with Crippen LogP contribution in [0.1, 0.15) is 23.9 Å². The van der Waals surface area contributed by atoms with Crippen molar-refractivity contribution >= 4 is 23.4 Å². The van der Waals surface area contributed by atoms with Crippen molar-refractivity contribution < 1.29 is 9.53 Å². The topological polar surface area (TPSA) is 69.0 Å². The average Bonchev–Trinajstić information content (AvgIpc) is 3.26. The van der Waals surface area contributed by atoms with Gasteiger partial charge in [-0.3, -0.25) is 9.36 Å². The first-order valence-corrected chi connectivity index (χ1v) is 11.8. The first-order chi connectivity index (χ1) is 16.1. The predicted octanol–water partition coefficient (Wildman–Crippen LogP) is 5.45. The largest absolute Gasteiger partial charge is 0.486 e.